The minimum Gasteiger partial charge on any atom is -0.395 e. The van der Waals surface area contributed by atoms with E-state index in [4.69, 9.17) is 9.63 Å². The number of carbonyl (C=O) groups excluding carboxylic acids is 1. The Morgan fingerprint density at radius 1 is 1.22 bits per heavy atom. The summed E-state index contributed by atoms with van der Waals surface area (Å²) in [5.74, 6) is -0.378. The van der Waals surface area contributed by atoms with Crippen LogP contribution >= 0.6 is 0 Å². The van der Waals surface area contributed by atoms with E-state index in [1.807, 2.05) is 9.47 Å². The minimum atomic E-state index is -0.584. The molecule has 10 nitrogen and oxygen atoms in total. The number of aliphatic hydroxyl groups is 1. The van der Waals surface area contributed by atoms with Crippen molar-refractivity contribution in [2.45, 2.75) is 32.2 Å². The number of halogens is 2. The first-order chi connectivity index (χ1) is 17.9. The summed E-state index contributed by atoms with van der Waals surface area (Å²) in [7, 11) is 1.53. The summed E-state index contributed by atoms with van der Waals surface area (Å²) in [4.78, 5) is 28.6. The molecule has 3 aromatic heterocycles. The Morgan fingerprint density at radius 2 is 2.00 bits per heavy atom. The van der Waals surface area contributed by atoms with E-state index in [1.54, 1.807) is 6.92 Å². The monoisotopic (exact) mass is 511 g/mol. The number of aryl methyl sites for hydroxylation is 1. The second-order valence-corrected chi connectivity index (χ2v) is 9.17. The van der Waals surface area contributed by atoms with Crippen LogP contribution in [0.1, 0.15) is 46.4 Å². The van der Waals surface area contributed by atoms with Crippen LogP contribution in [-0.2, 0) is 6.42 Å². The van der Waals surface area contributed by atoms with Crippen molar-refractivity contribution in [1.82, 2.24) is 29.6 Å². The van der Waals surface area contributed by atoms with E-state index >= 15 is 4.39 Å². The fourth-order valence-electron chi connectivity index (χ4n) is 4.75. The van der Waals surface area contributed by atoms with Crippen molar-refractivity contribution in [1.29, 1.82) is 0 Å². The summed E-state index contributed by atoms with van der Waals surface area (Å²) in [5.41, 5.74) is 1.30. The molecule has 1 fully saturated rings. The summed E-state index contributed by atoms with van der Waals surface area (Å²) in [5, 5.41) is 13.3. The highest BCUT2D eigenvalue weighted by Crippen LogP contribution is 2.31. The second kappa shape index (κ2) is 10.2. The van der Waals surface area contributed by atoms with E-state index in [9.17, 15) is 9.18 Å². The molecular formula is C25H27F2N7O3. The lowest BCUT2D eigenvalue weighted by atomic mass is 10.0. The lowest BCUT2D eigenvalue weighted by Gasteiger charge is -2.31. The number of carbonyl (C=O) groups is 1. The summed E-state index contributed by atoms with van der Waals surface area (Å²) >= 11 is 0. The molecule has 194 valence electrons. The third-order valence-corrected chi connectivity index (χ3v) is 6.74. The third-order valence-electron chi connectivity index (χ3n) is 6.74. The number of amides is 1. The van der Waals surface area contributed by atoms with E-state index in [-0.39, 0.29) is 42.1 Å². The maximum absolute atomic E-state index is 15.2. The topological polar surface area (TPSA) is 113 Å². The molecule has 1 amide bonds. The van der Waals surface area contributed by atoms with Crippen molar-refractivity contribution in [3.63, 3.8) is 0 Å². The molecule has 37 heavy (non-hydrogen) atoms. The Morgan fingerprint density at radius 3 is 2.68 bits per heavy atom. The van der Waals surface area contributed by atoms with E-state index < -0.39 is 17.5 Å². The molecule has 0 atom stereocenters. The normalized spacial score (nSPS) is 14.5. The molecule has 1 aliphatic heterocycles. The maximum Gasteiger partial charge on any atom is 0.266 e. The molecule has 0 spiro atoms. The van der Waals surface area contributed by atoms with Crippen molar-refractivity contribution < 1.29 is 23.2 Å². The molecule has 4 aromatic rings. The van der Waals surface area contributed by atoms with Gasteiger partial charge in [-0.3, -0.25) is 4.79 Å². The molecule has 4 heterocycles. The van der Waals surface area contributed by atoms with E-state index in [0.717, 1.165) is 18.9 Å². The van der Waals surface area contributed by atoms with Gasteiger partial charge in [0.25, 0.3) is 11.9 Å². The zero-order valence-electron chi connectivity index (χ0n) is 20.6. The number of hydrogen-bond acceptors (Lipinski definition) is 8. The summed E-state index contributed by atoms with van der Waals surface area (Å²) in [6, 6.07) is 4.21. The number of hydrogen-bond donors (Lipinski definition) is 1. The molecule has 0 unspecified atom stereocenters. The van der Waals surface area contributed by atoms with Gasteiger partial charge >= 0.3 is 0 Å². The molecule has 0 bridgehead atoms. The summed E-state index contributed by atoms with van der Waals surface area (Å²) < 4.78 is 37.0. The number of aliphatic hydroxyl groups excluding tert-OH is 1. The highest BCUT2D eigenvalue weighted by molar-refractivity contribution is 5.94. The lowest BCUT2D eigenvalue weighted by Crippen LogP contribution is -2.35. The Labute approximate surface area is 211 Å². The first-order valence-electron chi connectivity index (χ1n) is 12.1. The molecule has 0 saturated carbocycles. The van der Waals surface area contributed by atoms with Gasteiger partial charge < -0.3 is 24.0 Å². The molecule has 12 heteroatoms. The predicted octanol–water partition coefficient (Wildman–Crippen LogP) is 2.90. The van der Waals surface area contributed by atoms with Crippen LogP contribution in [0.25, 0.3) is 11.0 Å². The molecule has 1 saturated heterocycles. The smallest absolute Gasteiger partial charge is 0.266 e. The lowest BCUT2D eigenvalue weighted by molar-refractivity contribution is 0.0766. The zero-order chi connectivity index (χ0) is 26.1. The van der Waals surface area contributed by atoms with Gasteiger partial charge in [-0.2, -0.15) is 4.98 Å². The molecule has 5 rings (SSSR count). The maximum atomic E-state index is 15.2. The number of nitrogens with zero attached hydrogens (tertiary/aromatic N) is 7. The second-order valence-electron chi connectivity index (χ2n) is 9.17. The number of aromatic nitrogens is 5. The minimum absolute atomic E-state index is 0.0249. The number of anilines is 1. The molecule has 1 aliphatic rings. The van der Waals surface area contributed by atoms with Gasteiger partial charge in [0.1, 0.15) is 17.8 Å². The Bertz CT molecular complexity index is 1430. The van der Waals surface area contributed by atoms with Gasteiger partial charge in [-0.05, 0) is 35.7 Å². The van der Waals surface area contributed by atoms with E-state index in [1.165, 1.54) is 36.6 Å². The number of rotatable bonds is 7. The summed E-state index contributed by atoms with van der Waals surface area (Å²) in [6.07, 6.45) is 4.33. The van der Waals surface area contributed by atoms with Crippen LogP contribution in [0, 0.1) is 18.6 Å². The Hall–Kier alpha value is -3.93. The van der Waals surface area contributed by atoms with Crippen LogP contribution in [-0.4, -0.2) is 73.9 Å². The Kier molecular flexibility index (Phi) is 6.83. The highest BCUT2D eigenvalue weighted by atomic mass is 19.1. The highest BCUT2D eigenvalue weighted by Gasteiger charge is 2.27. The van der Waals surface area contributed by atoms with E-state index in [0.29, 0.717) is 36.3 Å². The van der Waals surface area contributed by atoms with Crippen LogP contribution in [0.15, 0.2) is 35.2 Å². The quantitative estimate of drug-likeness (QED) is 0.403. The fourth-order valence-corrected chi connectivity index (χ4v) is 4.75. The number of fused-ring (bicyclic) bond motifs is 1. The van der Waals surface area contributed by atoms with Gasteiger partial charge in [-0.15, -0.1) is 0 Å². The van der Waals surface area contributed by atoms with Crippen molar-refractivity contribution in [2.75, 3.05) is 38.2 Å². The predicted molar refractivity (Wildman–Crippen MR) is 130 cm³/mol. The van der Waals surface area contributed by atoms with Crippen LogP contribution < -0.4 is 4.90 Å². The average Bonchev–Trinajstić information content (AvgIpc) is 3.48. The molecule has 0 aliphatic carbocycles. The summed E-state index contributed by atoms with van der Waals surface area (Å²) in [6.45, 7) is 3.08. The SMILES string of the molecule is Cc1nc(N2CCC(n3cc(F)c4c(Cc5ccc(C(=O)N(C)CCO)cc5F)ncnc43)CC2)no1. The standard InChI is InChI=1S/C25H27F2N7O3/c1-15-30-25(31-37-15)33-7-5-18(6-8-33)34-13-20(27)22-21(28-14-29-23(22)34)12-16-3-4-17(11-19(16)26)24(36)32(2)9-10-35/h3-4,11,13-14,18,35H,5-10,12H2,1-2H3. The van der Waals surface area contributed by atoms with Gasteiger partial charge in [-0.25, -0.2) is 18.7 Å². The molecule has 0 radical (unpaired) electrons. The van der Waals surface area contributed by atoms with Crippen LogP contribution in [0.5, 0.6) is 0 Å². The first kappa shape index (κ1) is 24.8. The number of likely N-dealkylation sites (N-methyl/N-ethyl adjacent to an activating group) is 1. The van der Waals surface area contributed by atoms with Gasteiger partial charge in [0.2, 0.25) is 5.89 Å². The molecule has 1 aromatic carbocycles. The van der Waals surface area contributed by atoms with Gasteiger partial charge in [0, 0.05) is 57.8 Å². The fraction of sp³-hybridized carbons (Fsp3) is 0.400. The number of benzene rings is 1. The van der Waals surface area contributed by atoms with Crippen molar-refractivity contribution >= 4 is 22.9 Å². The molecular weight excluding hydrogens is 484 g/mol. The van der Waals surface area contributed by atoms with Gasteiger partial charge in [0.15, 0.2) is 5.82 Å². The average molecular weight is 512 g/mol. The van der Waals surface area contributed by atoms with Crippen LogP contribution in [0.2, 0.25) is 0 Å². The number of piperidine rings is 1. The first-order valence-corrected chi connectivity index (χ1v) is 12.1. The van der Waals surface area contributed by atoms with E-state index in [2.05, 4.69) is 20.1 Å². The molecule has 1 N–H and O–H groups in total. The Balaban J connectivity index is 1.36. The van der Waals surface area contributed by atoms with Crippen molar-refractivity contribution in [2.24, 2.45) is 0 Å². The van der Waals surface area contributed by atoms with Gasteiger partial charge in [0.05, 0.1) is 17.7 Å². The largest absolute Gasteiger partial charge is 0.395 e. The van der Waals surface area contributed by atoms with Crippen LogP contribution in [0.3, 0.4) is 0 Å². The zero-order valence-corrected chi connectivity index (χ0v) is 20.6. The van der Waals surface area contributed by atoms with Crippen LogP contribution in [0.4, 0.5) is 14.7 Å². The van der Waals surface area contributed by atoms with Gasteiger partial charge in [-0.1, -0.05) is 6.07 Å². The third kappa shape index (κ3) is 4.88. The van der Waals surface area contributed by atoms with Crippen molar-refractivity contribution in [3.05, 3.63) is 65.1 Å². The van der Waals surface area contributed by atoms with Crippen molar-refractivity contribution in [3.8, 4) is 0 Å².